The smallest absolute Gasteiger partial charge is 0.254 e. The van der Waals surface area contributed by atoms with Crippen molar-refractivity contribution in [3.05, 3.63) is 34.9 Å². The summed E-state index contributed by atoms with van der Waals surface area (Å²) in [7, 11) is 0. The van der Waals surface area contributed by atoms with Crippen molar-refractivity contribution in [2.24, 2.45) is 0 Å². The van der Waals surface area contributed by atoms with Crippen LogP contribution in [0.1, 0.15) is 18.4 Å². The van der Waals surface area contributed by atoms with E-state index in [1.54, 1.807) is 18.2 Å². The van der Waals surface area contributed by atoms with E-state index in [2.05, 4.69) is 0 Å². The maximum absolute atomic E-state index is 11.2. The van der Waals surface area contributed by atoms with Gasteiger partial charge in [-0.3, -0.25) is 14.4 Å². The molecule has 0 aliphatic carbocycles. The lowest BCUT2D eigenvalue weighted by Gasteiger charge is -2.13. The largest absolute Gasteiger partial charge is 0.272 e. The molecule has 1 fully saturated rings. The fourth-order valence-corrected chi connectivity index (χ4v) is 1.64. The average Bonchev–Trinajstić information content (AvgIpc) is 2.58. The first-order chi connectivity index (χ1) is 7.68. The first kappa shape index (κ1) is 11.1. The summed E-state index contributed by atoms with van der Waals surface area (Å²) < 4.78 is 0. The van der Waals surface area contributed by atoms with E-state index in [9.17, 15) is 9.59 Å². The van der Waals surface area contributed by atoms with Crippen molar-refractivity contribution >= 4 is 23.4 Å². The molecule has 1 aliphatic heterocycles. The van der Waals surface area contributed by atoms with Crippen molar-refractivity contribution in [2.75, 3.05) is 0 Å². The highest BCUT2D eigenvalue weighted by Gasteiger charge is 2.30. The molecule has 0 spiro atoms. The highest BCUT2D eigenvalue weighted by atomic mass is 35.5. The quantitative estimate of drug-likeness (QED) is 0.757. The van der Waals surface area contributed by atoms with Gasteiger partial charge < -0.3 is 0 Å². The fourth-order valence-electron chi connectivity index (χ4n) is 1.45. The highest BCUT2D eigenvalue weighted by Crippen LogP contribution is 2.18. The molecule has 0 aromatic heterocycles. The summed E-state index contributed by atoms with van der Waals surface area (Å²) in [6, 6.07) is 7.14. The Hall–Kier alpha value is -1.39. The molecule has 0 radical (unpaired) electrons. The van der Waals surface area contributed by atoms with E-state index in [1.165, 1.54) is 0 Å². The number of hydroxylamine groups is 2. The van der Waals surface area contributed by atoms with Crippen molar-refractivity contribution in [2.45, 2.75) is 19.4 Å². The second-order valence-electron chi connectivity index (χ2n) is 3.45. The molecule has 1 saturated heterocycles. The third-order valence-electron chi connectivity index (χ3n) is 2.31. The highest BCUT2D eigenvalue weighted by molar-refractivity contribution is 6.31. The van der Waals surface area contributed by atoms with Crippen LogP contribution in [-0.4, -0.2) is 16.9 Å². The molecule has 2 amide bonds. The first-order valence-corrected chi connectivity index (χ1v) is 5.28. The number of nitrogens with zero attached hydrogens (tertiary/aromatic N) is 1. The van der Waals surface area contributed by atoms with Gasteiger partial charge in [0.05, 0.1) is 0 Å². The zero-order valence-electron chi connectivity index (χ0n) is 8.48. The van der Waals surface area contributed by atoms with Gasteiger partial charge in [-0.1, -0.05) is 29.8 Å². The van der Waals surface area contributed by atoms with Crippen LogP contribution >= 0.6 is 11.6 Å². The lowest BCUT2D eigenvalue weighted by atomic mass is 10.2. The van der Waals surface area contributed by atoms with Gasteiger partial charge in [-0.15, -0.1) is 0 Å². The Morgan fingerprint density at radius 3 is 2.44 bits per heavy atom. The Morgan fingerprint density at radius 2 is 1.81 bits per heavy atom. The lowest BCUT2D eigenvalue weighted by Crippen LogP contribution is -2.29. The van der Waals surface area contributed by atoms with E-state index < -0.39 is 0 Å². The monoisotopic (exact) mass is 239 g/mol. The molecule has 0 N–H and O–H groups in total. The van der Waals surface area contributed by atoms with Crippen LogP contribution in [0, 0.1) is 0 Å². The molecular weight excluding hydrogens is 230 g/mol. The van der Waals surface area contributed by atoms with Gasteiger partial charge in [0.15, 0.2) is 0 Å². The number of halogens is 1. The Balaban J connectivity index is 2.00. The molecule has 84 valence electrons. The third kappa shape index (κ3) is 2.23. The van der Waals surface area contributed by atoms with E-state index in [-0.39, 0.29) is 31.3 Å². The normalized spacial score (nSPS) is 15.9. The summed E-state index contributed by atoms with van der Waals surface area (Å²) in [4.78, 5) is 27.6. The molecule has 0 atom stereocenters. The average molecular weight is 240 g/mol. The van der Waals surface area contributed by atoms with Crippen molar-refractivity contribution in [3.63, 3.8) is 0 Å². The molecule has 2 rings (SSSR count). The molecule has 4 nitrogen and oxygen atoms in total. The van der Waals surface area contributed by atoms with E-state index in [0.29, 0.717) is 5.02 Å². The van der Waals surface area contributed by atoms with Crippen LogP contribution < -0.4 is 0 Å². The van der Waals surface area contributed by atoms with Crippen LogP contribution in [-0.2, 0) is 21.0 Å². The number of hydrogen-bond acceptors (Lipinski definition) is 3. The molecule has 1 aromatic carbocycles. The van der Waals surface area contributed by atoms with Gasteiger partial charge >= 0.3 is 0 Å². The molecule has 1 aromatic rings. The Morgan fingerprint density at radius 1 is 1.19 bits per heavy atom. The molecule has 1 heterocycles. The number of carbonyl (C=O) groups is 2. The predicted molar refractivity (Wildman–Crippen MR) is 57.3 cm³/mol. The van der Waals surface area contributed by atoms with Crippen LogP contribution in [0.25, 0.3) is 0 Å². The molecular formula is C11H10ClNO3. The summed E-state index contributed by atoms with van der Waals surface area (Å²) in [5, 5.41) is 1.38. The molecule has 0 saturated carbocycles. The second kappa shape index (κ2) is 4.63. The summed E-state index contributed by atoms with van der Waals surface area (Å²) >= 11 is 5.91. The first-order valence-electron chi connectivity index (χ1n) is 4.90. The zero-order valence-corrected chi connectivity index (χ0v) is 9.24. The van der Waals surface area contributed by atoms with Gasteiger partial charge in [-0.2, -0.15) is 5.06 Å². The van der Waals surface area contributed by atoms with Crippen LogP contribution in [0.4, 0.5) is 0 Å². The van der Waals surface area contributed by atoms with Crippen molar-refractivity contribution in [1.29, 1.82) is 0 Å². The number of amides is 2. The molecule has 0 bridgehead atoms. The van der Waals surface area contributed by atoms with Crippen LogP contribution in [0.5, 0.6) is 0 Å². The van der Waals surface area contributed by atoms with Gasteiger partial charge in [0.1, 0.15) is 6.61 Å². The minimum Gasteiger partial charge on any atom is -0.272 e. The number of carbonyl (C=O) groups excluding carboxylic acids is 2. The minimum absolute atomic E-state index is 0.122. The van der Waals surface area contributed by atoms with Gasteiger partial charge in [-0.25, -0.2) is 0 Å². The van der Waals surface area contributed by atoms with Crippen molar-refractivity contribution in [1.82, 2.24) is 5.06 Å². The van der Waals surface area contributed by atoms with E-state index >= 15 is 0 Å². The predicted octanol–water partition coefficient (Wildman–Crippen LogP) is 1.92. The van der Waals surface area contributed by atoms with Gasteiger partial charge in [-0.05, 0) is 11.6 Å². The van der Waals surface area contributed by atoms with E-state index in [1.807, 2.05) is 6.07 Å². The fraction of sp³-hybridized carbons (Fsp3) is 0.273. The lowest BCUT2D eigenvalue weighted by molar-refractivity contribution is -0.191. The molecule has 16 heavy (non-hydrogen) atoms. The maximum atomic E-state index is 11.2. The summed E-state index contributed by atoms with van der Waals surface area (Å²) in [6.07, 6.45) is 0.447. The topological polar surface area (TPSA) is 46.6 Å². The summed E-state index contributed by atoms with van der Waals surface area (Å²) in [5.41, 5.74) is 0.747. The van der Waals surface area contributed by atoms with Gasteiger partial charge in [0.25, 0.3) is 11.8 Å². The number of imide groups is 1. The standard InChI is InChI=1S/C11H10ClNO3/c12-9-4-2-1-3-8(9)7-16-13-10(14)5-6-11(13)15/h1-4H,5-7H2. The van der Waals surface area contributed by atoms with Gasteiger partial charge in [0, 0.05) is 17.9 Å². The van der Waals surface area contributed by atoms with Crippen molar-refractivity contribution in [3.8, 4) is 0 Å². The Bertz CT molecular complexity index is 417. The van der Waals surface area contributed by atoms with Crippen LogP contribution in [0.15, 0.2) is 24.3 Å². The van der Waals surface area contributed by atoms with Crippen LogP contribution in [0.2, 0.25) is 5.02 Å². The maximum Gasteiger partial charge on any atom is 0.254 e. The number of benzene rings is 1. The summed E-state index contributed by atoms with van der Waals surface area (Å²) in [6.45, 7) is 0.122. The third-order valence-corrected chi connectivity index (χ3v) is 2.68. The van der Waals surface area contributed by atoms with Gasteiger partial charge in [0.2, 0.25) is 0 Å². The minimum atomic E-state index is -0.294. The van der Waals surface area contributed by atoms with Crippen LogP contribution in [0.3, 0.4) is 0 Å². The molecule has 0 unspecified atom stereocenters. The van der Waals surface area contributed by atoms with E-state index in [0.717, 1.165) is 10.6 Å². The summed E-state index contributed by atoms with van der Waals surface area (Å²) in [5.74, 6) is -0.589. The van der Waals surface area contributed by atoms with E-state index in [4.69, 9.17) is 16.4 Å². The zero-order chi connectivity index (χ0) is 11.5. The SMILES string of the molecule is O=C1CCC(=O)N1OCc1ccccc1Cl. The van der Waals surface area contributed by atoms with Crippen molar-refractivity contribution < 1.29 is 14.4 Å². The Kier molecular flexibility index (Phi) is 3.22. The molecule has 1 aliphatic rings. The Labute approximate surface area is 97.7 Å². The number of hydrogen-bond donors (Lipinski definition) is 0. The molecule has 5 heteroatoms. The second-order valence-corrected chi connectivity index (χ2v) is 3.85. The number of rotatable bonds is 3.